The summed E-state index contributed by atoms with van der Waals surface area (Å²) < 4.78 is 3.04. The van der Waals surface area contributed by atoms with Crippen molar-refractivity contribution in [2.75, 3.05) is 0 Å². The lowest BCUT2D eigenvalue weighted by molar-refractivity contribution is 0.0930. The van der Waals surface area contributed by atoms with Crippen LogP contribution in [0.5, 0.6) is 0 Å². The largest absolute Gasteiger partial charge is 0.344 e. The second-order valence-electron chi connectivity index (χ2n) is 5.56. The highest BCUT2D eigenvalue weighted by Crippen LogP contribution is 2.16. The predicted octanol–water partition coefficient (Wildman–Crippen LogP) is 1.78. The Labute approximate surface area is 138 Å². The summed E-state index contributed by atoms with van der Waals surface area (Å²) in [5.74, 6) is -0.322. The van der Waals surface area contributed by atoms with Crippen molar-refractivity contribution in [2.45, 2.75) is 19.4 Å². The maximum atomic E-state index is 12.5. The number of carbonyl (C=O) groups is 1. The molecule has 24 heavy (non-hydrogen) atoms. The van der Waals surface area contributed by atoms with E-state index >= 15 is 0 Å². The smallest absolute Gasteiger partial charge is 0.271 e. The van der Waals surface area contributed by atoms with Gasteiger partial charge in [-0.25, -0.2) is 4.68 Å². The fraction of sp³-hybridized carbons (Fsp3) is 0.235. The lowest BCUT2D eigenvalue weighted by Crippen LogP contribution is -2.28. The van der Waals surface area contributed by atoms with E-state index in [2.05, 4.69) is 15.5 Å². The summed E-state index contributed by atoms with van der Waals surface area (Å²) in [6.45, 7) is 1.98. The Morgan fingerprint density at radius 2 is 2.08 bits per heavy atom. The third kappa shape index (κ3) is 3.15. The van der Waals surface area contributed by atoms with Crippen LogP contribution in [0.1, 0.15) is 35.4 Å². The first kappa shape index (κ1) is 15.8. The number of nitrogens with one attached hydrogen (secondary N) is 2. The van der Waals surface area contributed by atoms with Crippen molar-refractivity contribution < 1.29 is 4.79 Å². The van der Waals surface area contributed by atoms with Crippen molar-refractivity contribution in [3.63, 3.8) is 0 Å². The second kappa shape index (κ2) is 6.57. The fourth-order valence-corrected chi connectivity index (χ4v) is 2.56. The van der Waals surface area contributed by atoms with Crippen LogP contribution in [0.3, 0.4) is 0 Å². The summed E-state index contributed by atoms with van der Waals surface area (Å²) >= 11 is 0. The van der Waals surface area contributed by atoms with Gasteiger partial charge in [0.1, 0.15) is 5.69 Å². The van der Waals surface area contributed by atoms with Crippen molar-refractivity contribution in [2.24, 2.45) is 7.05 Å². The Hall–Kier alpha value is -3.09. The summed E-state index contributed by atoms with van der Waals surface area (Å²) in [6, 6.07) is 10.3. The molecule has 1 atom stereocenters. The molecule has 1 unspecified atom stereocenters. The molecule has 0 aliphatic heterocycles. The fourth-order valence-electron chi connectivity index (χ4n) is 2.56. The summed E-state index contributed by atoms with van der Waals surface area (Å²) in [7, 11) is 1.83. The molecule has 1 aromatic carbocycles. The molecule has 0 bridgehead atoms. The third-order valence-corrected chi connectivity index (χ3v) is 3.82. The Balaban J connectivity index is 1.82. The molecule has 0 aliphatic carbocycles. The number of hydrogen-bond acceptors (Lipinski definition) is 3. The summed E-state index contributed by atoms with van der Waals surface area (Å²) in [5.41, 5.74) is 1.56. The monoisotopic (exact) mass is 325 g/mol. The van der Waals surface area contributed by atoms with E-state index in [-0.39, 0.29) is 23.2 Å². The molecule has 0 spiro atoms. The molecule has 7 heteroatoms. The van der Waals surface area contributed by atoms with Gasteiger partial charge in [0.25, 0.3) is 11.5 Å². The van der Waals surface area contributed by atoms with Gasteiger partial charge in [-0.1, -0.05) is 25.1 Å². The van der Waals surface area contributed by atoms with Gasteiger partial charge >= 0.3 is 0 Å². The number of aromatic amines is 1. The van der Waals surface area contributed by atoms with Gasteiger partial charge in [0, 0.05) is 24.9 Å². The molecule has 124 valence electrons. The Bertz CT molecular complexity index is 891. The highest BCUT2D eigenvalue weighted by molar-refractivity contribution is 5.92. The molecule has 0 saturated heterocycles. The second-order valence-corrected chi connectivity index (χ2v) is 5.56. The van der Waals surface area contributed by atoms with Crippen molar-refractivity contribution >= 4 is 5.91 Å². The van der Waals surface area contributed by atoms with Gasteiger partial charge in [0.2, 0.25) is 0 Å². The van der Waals surface area contributed by atoms with Crippen molar-refractivity contribution in [1.29, 1.82) is 0 Å². The van der Waals surface area contributed by atoms with E-state index in [1.165, 1.54) is 10.7 Å². The molecule has 7 nitrogen and oxygen atoms in total. The lowest BCUT2D eigenvalue weighted by atomic mass is 10.1. The first-order valence-electron chi connectivity index (χ1n) is 7.75. The van der Waals surface area contributed by atoms with Gasteiger partial charge in [-0.2, -0.15) is 5.10 Å². The number of rotatable bonds is 5. The number of benzene rings is 1. The molecule has 0 saturated carbocycles. The molecular weight excluding hydrogens is 306 g/mol. The van der Waals surface area contributed by atoms with Crippen LogP contribution < -0.4 is 10.9 Å². The van der Waals surface area contributed by atoms with Gasteiger partial charge in [-0.3, -0.25) is 19.4 Å². The van der Waals surface area contributed by atoms with Crippen LogP contribution in [0.4, 0.5) is 0 Å². The number of aryl methyl sites for hydroxylation is 1. The van der Waals surface area contributed by atoms with Gasteiger partial charge in [0.15, 0.2) is 0 Å². The van der Waals surface area contributed by atoms with Crippen LogP contribution in [-0.4, -0.2) is 25.5 Å². The molecular formula is C17H19N5O2. The first-order valence-corrected chi connectivity index (χ1v) is 7.75. The summed E-state index contributed by atoms with van der Waals surface area (Å²) in [5, 5.41) is 9.91. The topological polar surface area (TPSA) is 84.7 Å². The van der Waals surface area contributed by atoms with E-state index in [0.29, 0.717) is 5.69 Å². The van der Waals surface area contributed by atoms with E-state index < -0.39 is 0 Å². The predicted molar refractivity (Wildman–Crippen MR) is 90.1 cm³/mol. The zero-order valence-electron chi connectivity index (χ0n) is 13.6. The molecule has 0 radical (unpaired) electrons. The van der Waals surface area contributed by atoms with E-state index in [1.54, 1.807) is 23.0 Å². The van der Waals surface area contributed by atoms with Crippen LogP contribution in [-0.2, 0) is 7.05 Å². The average Bonchev–Trinajstić information content (AvgIpc) is 3.19. The zero-order valence-corrected chi connectivity index (χ0v) is 13.6. The minimum absolute atomic E-state index is 0.158. The Morgan fingerprint density at radius 3 is 2.71 bits per heavy atom. The normalized spacial score (nSPS) is 12.1. The molecule has 2 aromatic heterocycles. The van der Waals surface area contributed by atoms with E-state index in [9.17, 15) is 9.59 Å². The Kier molecular flexibility index (Phi) is 4.33. The van der Waals surface area contributed by atoms with Gasteiger partial charge in [-0.05, 0) is 18.6 Å². The average molecular weight is 325 g/mol. The van der Waals surface area contributed by atoms with Crippen LogP contribution in [0.2, 0.25) is 0 Å². The number of aromatic nitrogens is 4. The van der Waals surface area contributed by atoms with E-state index in [4.69, 9.17) is 0 Å². The Morgan fingerprint density at radius 1 is 1.33 bits per heavy atom. The lowest BCUT2D eigenvalue weighted by Gasteiger charge is -2.14. The SMILES string of the molecule is CCC(NC(=O)c1cc(=O)n(-c2ccccc2)[nH]1)c1cnn(C)c1. The number of amides is 1. The quantitative estimate of drug-likeness (QED) is 0.750. The molecule has 1 amide bonds. The van der Waals surface area contributed by atoms with Crippen molar-refractivity contribution in [3.05, 3.63) is 70.4 Å². The van der Waals surface area contributed by atoms with Gasteiger partial charge < -0.3 is 5.32 Å². The highest BCUT2D eigenvalue weighted by atomic mass is 16.2. The maximum absolute atomic E-state index is 12.5. The van der Waals surface area contributed by atoms with Crippen molar-refractivity contribution in [1.82, 2.24) is 24.9 Å². The van der Waals surface area contributed by atoms with Crippen molar-refractivity contribution in [3.8, 4) is 5.69 Å². The number of carbonyl (C=O) groups excluding carboxylic acids is 1. The standard InChI is InChI=1S/C17H19N5O2/c1-3-14(12-10-18-21(2)11-12)19-17(24)15-9-16(23)22(20-15)13-7-5-4-6-8-13/h4-11,14,20H,3H2,1-2H3,(H,19,24). The minimum atomic E-state index is -0.322. The molecule has 2 N–H and O–H groups in total. The van der Waals surface area contributed by atoms with Gasteiger partial charge in [-0.15, -0.1) is 0 Å². The number of H-pyrrole nitrogens is 1. The maximum Gasteiger partial charge on any atom is 0.271 e. The van der Waals surface area contributed by atoms with Crippen LogP contribution in [0, 0.1) is 0 Å². The van der Waals surface area contributed by atoms with Crippen LogP contribution >= 0.6 is 0 Å². The summed E-state index contributed by atoms with van der Waals surface area (Å²) in [6.07, 6.45) is 4.32. The van der Waals surface area contributed by atoms with Gasteiger partial charge in [0.05, 0.1) is 17.9 Å². The first-order chi connectivity index (χ1) is 11.6. The molecule has 0 fully saturated rings. The molecule has 3 rings (SSSR count). The van der Waals surface area contributed by atoms with E-state index in [0.717, 1.165) is 12.0 Å². The highest BCUT2D eigenvalue weighted by Gasteiger charge is 2.18. The molecule has 2 heterocycles. The number of nitrogens with zero attached hydrogens (tertiary/aromatic N) is 3. The zero-order chi connectivity index (χ0) is 17.1. The third-order valence-electron chi connectivity index (χ3n) is 3.82. The number of para-hydroxylation sites is 1. The minimum Gasteiger partial charge on any atom is -0.344 e. The van der Waals surface area contributed by atoms with E-state index in [1.807, 2.05) is 38.4 Å². The van der Waals surface area contributed by atoms with Crippen LogP contribution in [0.15, 0.2) is 53.6 Å². The molecule has 3 aromatic rings. The van der Waals surface area contributed by atoms with Crippen LogP contribution in [0.25, 0.3) is 5.69 Å². The molecule has 0 aliphatic rings. The summed E-state index contributed by atoms with van der Waals surface area (Å²) in [4.78, 5) is 24.6. The number of hydrogen-bond donors (Lipinski definition) is 2.